The van der Waals surface area contributed by atoms with Crippen LogP contribution in [0.2, 0.25) is 0 Å². The highest BCUT2D eigenvalue weighted by molar-refractivity contribution is 5.91. The molecule has 1 saturated heterocycles. The zero-order valence-electron chi connectivity index (χ0n) is 11.0. The maximum absolute atomic E-state index is 12.3. The quantitative estimate of drug-likeness (QED) is 0.844. The van der Waals surface area contributed by atoms with Crippen molar-refractivity contribution in [3.63, 3.8) is 0 Å². The predicted molar refractivity (Wildman–Crippen MR) is 67.0 cm³/mol. The molecule has 104 valence electrons. The average molecular weight is 267 g/mol. The number of aryl methyl sites for hydroxylation is 1. The van der Waals surface area contributed by atoms with Crippen molar-refractivity contribution in [2.75, 3.05) is 19.8 Å². The Hall–Kier alpha value is -1.66. The lowest BCUT2D eigenvalue weighted by atomic mass is 10.1. The van der Waals surface area contributed by atoms with Gasteiger partial charge in [0, 0.05) is 18.7 Å². The fourth-order valence-electron chi connectivity index (χ4n) is 2.21. The Balaban J connectivity index is 2.27. The number of rotatable bonds is 3. The number of hydrogen-bond acceptors (Lipinski definition) is 5. The molecule has 1 aliphatic rings. The van der Waals surface area contributed by atoms with Gasteiger partial charge in [-0.3, -0.25) is 9.59 Å². The minimum atomic E-state index is -0.708. The summed E-state index contributed by atoms with van der Waals surface area (Å²) in [6.07, 6.45) is -0.708. The molecule has 0 saturated carbocycles. The molecule has 0 bridgehead atoms. The molecule has 2 atom stereocenters. The third kappa shape index (κ3) is 2.85. The molecule has 6 heteroatoms. The van der Waals surface area contributed by atoms with Crippen molar-refractivity contribution in [2.24, 2.45) is 0 Å². The summed E-state index contributed by atoms with van der Waals surface area (Å²) in [4.78, 5) is 25.2. The summed E-state index contributed by atoms with van der Waals surface area (Å²) in [7, 11) is 0. The van der Waals surface area contributed by atoms with E-state index in [4.69, 9.17) is 9.15 Å². The molecule has 0 spiro atoms. The SMILES string of the molecule is CCN(C(=O)c1cc(=O)cc(C)o1)[C@@H]1COC[C@H]1O. The lowest BCUT2D eigenvalue weighted by Gasteiger charge is -2.28. The second-order valence-electron chi connectivity index (χ2n) is 4.53. The molecule has 1 N–H and O–H groups in total. The smallest absolute Gasteiger partial charge is 0.290 e. The number of amides is 1. The largest absolute Gasteiger partial charge is 0.456 e. The van der Waals surface area contributed by atoms with Gasteiger partial charge in [-0.1, -0.05) is 0 Å². The van der Waals surface area contributed by atoms with Crippen LogP contribution in [0, 0.1) is 6.92 Å². The third-order valence-corrected chi connectivity index (χ3v) is 3.12. The predicted octanol–water partition coefficient (Wildman–Crippen LogP) is 0.170. The van der Waals surface area contributed by atoms with Gasteiger partial charge in [0.1, 0.15) is 5.76 Å². The van der Waals surface area contributed by atoms with Gasteiger partial charge in [-0.25, -0.2) is 0 Å². The Morgan fingerprint density at radius 2 is 2.21 bits per heavy atom. The molecule has 0 aliphatic carbocycles. The fraction of sp³-hybridized carbons (Fsp3) is 0.538. The van der Waals surface area contributed by atoms with Gasteiger partial charge < -0.3 is 19.2 Å². The third-order valence-electron chi connectivity index (χ3n) is 3.12. The zero-order chi connectivity index (χ0) is 14.0. The molecule has 1 fully saturated rings. The van der Waals surface area contributed by atoms with E-state index in [1.807, 2.05) is 0 Å². The first-order chi connectivity index (χ1) is 9.02. The first-order valence-electron chi connectivity index (χ1n) is 6.21. The van der Waals surface area contributed by atoms with Crippen LogP contribution in [0.3, 0.4) is 0 Å². The van der Waals surface area contributed by atoms with Crippen LogP contribution in [0.25, 0.3) is 0 Å². The molecule has 1 aromatic rings. The number of nitrogens with zero attached hydrogens (tertiary/aromatic N) is 1. The number of aliphatic hydroxyl groups excluding tert-OH is 1. The van der Waals surface area contributed by atoms with Crippen LogP contribution in [0.15, 0.2) is 21.3 Å². The Morgan fingerprint density at radius 3 is 2.74 bits per heavy atom. The Morgan fingerprint density at radius 1 is 1.47 bits per heavy atom. The molecule has 2 rings (SSSR count). The lowest BCUT2D eigenvalue weighted by Crippen LogP contribution is -2.46. The molecule has 19 heavy (non-hydrogen) atoms. The molecule has 6 nitrogen and oxygen atoms in total. The second kappa shape index (κ2) is 5.54. The van der Waals surface area contributed by atoms with Gasteiger partial charge in [-0.2, -0.15) is 0 Å². The Bertz CT molecular complexity index is 524. The summed E-state index contributed by atoms with van der Waals surface area (Å²) < 4.78 is 10.4. The van der Waals surface area contributed by atoms with Crippen LogP contribution >= 0.6 is 0 Å². The Kier molecular flexibility index (Phi) is 4.01. The molecule has 0 radical (unpaired) electrons. The summed E-state index contributed by atoms with van der Waals surface area (Å²) in [6, 6.07) is 2.09. The summed E-state index contributed by atoms with van der Waals surface area (Å²) >= 11 is 0. The molecular formula is C13H17NO5. The second-order valence-corrected chi connectivity index (χ2v) is 4.53. The summed E-state index contributed by atoms with van der Waals surface area (Å²) in [5, 5.41) is 9.78. The molecule has 2 heterocycles. The number of hydrogen-bond donors (Lipinski definition) is 1. The first kappa shape index (κ1) is 13.8. The van der Waals surface area contributed by atoms with Gasteiger partial charge in [-0.15, -0.1) is 0 Å². The summed E-state index contributed by atoms with van der Waals surface area (Å²) in [5.41, 5.74) is -0.272. The van der Waals surface area contributed by atoms with Crippen molar-refractivity contribution in [1.29, 1.82) is 0 Å². The van der Waals surface area contributed by atoms with Crippen LogP contribution in [0.1, 0.15) is 23.2 Å². The van der Waals surface area contributed by atoms with Gasteiger partial charge >= 0.3 is 0 Å². The minimum Gasteiger partial charge on any atom is -0.456 e. The van der Waals surface area contributed by atoms with Crippen LogP contribution in [0.5, 0.6) is 0 Å². The van der Waals surface area contributed by atoms with E-state index < -0.39 is 18.1 Å². The number of likely N-dealkylation sites (N-methyl/N-ethyl adjacent to an activating group) is 1. The summed E-state index contributed by atoms with van der Waals surface area (Å²) in [5.74, 6) is -0.0288. The van der Waals surface area contributed by atoms with E-state index in [0.717, 1.165) is 0 Å². The monoisotopic (exact) mass is 267 g/mol. The topological polar surface area (TPSA) is 80.0 Å². The van der Waals surface area contributed by atoms with E-state index in [9.17, 15) is 14.7 Å². The van der Waals surface area contributed by atoms with Gasteiger partial charge in [0.05, 0.1) is 25.4 Å². The van der Waals surface area contributed by atoms with E-state index >= 15 is 0 Å². The number of aliphatic hydroxyl groups is 1. The zero-order valence-corrected chi connectivity index (χ0v) is 11.0. The van der Waals surface area contributed by atoms with Gasteiger partial charge in [-0.05, 0) is 13.8 Å². The highest BCUT2D eigenvalue weighted by Gasteiger charge is 2.34. The molecule has 0 unspecified atom stereocenters. The highest BCUT2D eigenvalue weighted by atomic mass is 16.5. The fourth-order valence-corrected chi connectivity index (χ4v) is 2.21. The van der Waals surface area contributed by atoms with Crippen LogP contribution in [-0.2, 0) is 4.74 Å². The van der Waals surface area contributed by atoms with Crippen molar-refractivity contribution >= 4 is 5.91 Å². The minimum absolute atomic E-state index is 0.00838. The molecule has 1 amide bonds. The van der Waals surface area contributed by atoms with Gasteiger partial charge in [0.15, 0.2) is 11.2 Å². The number of ether oxygens (including phenoxy) is 1. The van der Waals surface area contributed by atoms with Crippen LogP contribution in [0.4, 0.5) is 0 Å². The average Bonchev–Trinajstić information content (AvgIpc) is 2.75. The standard InChI is InChI=1S/C13H17NO5/c1-3-14(10-6-18-7-11(10)16)13(17)12-5-9(15)4-8(2)19-12/h4-5,10-11,16H,3,6-7H2,1-2H3/t10-,11-/m1/s1. The van der Waals surface area contributed by atoms with Crippen molar-refractivity contribution in [1.82, 2.24) is 4.90 Å². The van der Waals surface area contributed by atoms with E-state index in [1.165, 1.54) is 17.0 Å². The van der Waals surface area contributed by atoms with E-state index in [-0.39, 0.29) is 24.4 Å². The number of carbonyl (C=O) groups is 1. The highest BCUT2D eigenvalue weighted by Crippen LogP contribution is 2.16. The summed E-state index contributed by atoms with van der Waals surface area (Å²) in [6.45, 7) is 4.32. The van der Waals surface area contributed by atoms with Crippen molar-refractivity contribution < 1.29 is 19.1 Å². The maximum Gasteiger partial charge on any atom is 0.290 e. The molecule has 0 aromatic carbocycles. The van der Waals surface area contributed by atoms with Crippen LogP contribution in [-0.4, -0.2) is 47.8 Å². The Labute approximate surface area is 110 Å². The molecular weight excluding hydrogens is 250 g/mol. The maximum atomic E-state index is 12.3. The van der Waals surface area contributed by atoms with E-state index in [2.05, 4.69) is 0 Å². The van der Waals surface area contributed by atoms with Gasteiger partial charge in [0.25, 0.3) is 5.91 Å². The van der Waals surface area contributed by atoms with E-state index in [0.29, 0.717) is 12.3 Å². The van der Waals surface area contributed by atoms with Gasteiger partial charge in [0.2, 0.25) is 0 Å². The van der Waals surface area contributed by atoms with Crippen molar-refractivity contribution in [3.05, 3.63) is 33.9 Å². The van der Waals surface area contributed by atoms with Crippen molar-refractivity contribution in [2.45, 2.75) is 26.0 Å². The lowest BCUT2D eigenvalue weighted by molar-refractivity contribution is 0.0488. The molecule has 1 aromatic heterocycles. The van der Waals surface area contributed by atoms with Crippen molar-refractivity contribution in [3.8, 4) is 0 Å². The normalized spacial score (nSPS) is 22.5. The number of carbonyl (C=O) groups excluding carboxylic acids is 1. The van der Waals surface area contributed by atoms with Crippen LogP contribution < -0.4 is 5.43 Å². The first-order valence-corrected chi connectivity index (χ1v) is 6.21. The van der Waals surface area contributed by atoms with E-state index in [1.54, 1.807) is 13.8 Å². The molecule has 1 aliphatic heterocycles.